The zero-order valence-electron chi connectivity index (χ0n) is 19.1. The Balaban J connectivity index is 1.56. The summed E-state index contributed by atoms with van der Waals surface area (Å²) in [6, 6.07) is 12.2. The zero-order valence-corrected chi connectivity index (χ0v) is 19.1. The summed E-state index contributed by atoms with van der Waals surface area (Å²) < 4.78 is 24.8. The van der Waals surface area contributed by atoms with Crippen LogP contribution in [0, 0.1) is 12.7 Å². The molecule has 170 valence electrons. The summed E-state index contributed by atoms with van der Waals surface area (Å²) in [4.78, 5) is 25.2. The summed E-state index contributed by atoms with van der Waals surface area (Å²) in [5, 5.41) is 0. The first-order chi connectivity index (χ1) is 15.8. The molecule has 2 heterocycles. The first kappa shape index (κ1) is 21.2. The smallest absolute Gasteiger partial charge is 0.414 e. The lowest BCUT2D eigenvalue weighted by atomic mass is 9.98. The van der Waals surface area contributed by atoms with E-state index < -0.39 is 11.9 Å². The van der Waals surface area contributed by atoms with Gasteiger partial charge in [0.05, 0.1) is 7.11 Å². The van der Waals surface area contributed by atoms with Gasteiger partial charge in [0.1, 0.15) is 11.6 Å². The number of carbonyl (C=O) groups excluding carboxylic acids is 1. The molecule has 2 aliphatic rings. The molecule has 2 aromatic carbocycles. The number of aromatic nitrogens is 2. The number of amides is 1. The molecule has 1 fully saturated rings. The lowest BCUT2D eigenvalue weighted by Crippen LogP contribution is -2.25. The molecule has 33 heavy (non-hydrogen) atoms. The van der Waals surface area contributed by atoms with E-state index in [2.05, 4.69) is 4.90 Å². The van der Waals surface area contributed by atoms with Crippen molar-refractivity contribution in [1.29, 1.82) is 0 Å². The molecule has 1 aliphatic heterocycles. The van der Waals surface area contributed by atoms with E-state index in [-0.39, 0.29) is 11.2 Å². The van der Waals surface area contributed by atoms with Crippen LogP contribution in [0.4, 0.5) is 20.7 Å². The molecule has 1 aromatic heterocycles. The lowest BCUT2D eigenvalue weighted by molar-refractivity contribution is 0.172. The number of hydrogen-bond acceptors (Lipinski definition) is 6. The van der Waals surface area contributed by atoms with Crippen LogP contribution in [0.3, 0.4) is 0 Å². The Morgan fingerprint density at radius 2 is 1.94 bits per heavy atom. The van der Waals surface area contributed by atoms with E-state index in [9.17, 15) is 9.18 Å². The number of ether oxygens (including phenoxy) is 2. The number of rotatable bonds is 4. The van der Waals surface area contributed by atoms with Crippen molar-refractivity contribution >= 4 is 17.6 Å². The number of fused-ring (bicyclic) bond motifs is 2. The van der Waals surface area contributed by atoms with E-state index in [1.54, 1.807) is 32.3 Å². The van der Waals surface area contributed by atoms with Crippen LogP contribution in [-0.2, 0) is 5.41 Å². The van der Waals surface area contributed by atoms with Crippen molar-refractivity contribution < 1.29 is 18.7 Å². The quantitative estimate of drug-likeness (QED) is 0.569. The first-order valence-corrected chi connectivity index (χ1v) is 10.8. The maximum atomic E-state index is 14.4. The van der Waals surface area contributed by atoms with E-state index >= 15 is 0 Å². The van der Waals surface area contributed by atoms with E-state index in [0.717, 1.165) is 42.1 Å². The highest BCUT2D eigenvalue weighted by Gasteiger charge is 2.54. The molecule has 1 aliphatic carbocycles. The Bertz CT molecular complexity index is 1260. The van der Waals surface area contributed by atoms with Crippen molar-refractivity contribution in [2.24, 2.45) is 0 Å². The Hall–Kier alpha value is -3.68. The highest BCUT2D eigenvalue weighted by molar-refractivity contribution is 5.76. The minimum absolute atomic E-state index is 0.0411. The molecule has 0 saturated heterocycles. The normalized spacial score (nSPS) is 15.4. The largest absolute Gasteiger partial charge is 0.494 e. The molecule has 5 rings (SSSR count). The van der Waals surface area contributed by atoms with Gasteiger partial charge in [-0.3, -0.25) is 0 Å². The van der Waals surface area contributed by atoms with Gasteiger partial charge in [-0.2, -0.15) is 0 Å². The molecule has 0 bridgehead atoms. The van der Waals surface area contributed by atoms with E-state index in [1.165, 1.54) is 18.1 Å². The second kappa shape index (κ2) is 7.72. The van der Waals surface area contributed by atoms with Gasteiger partial charge >= 0.3 is 6.09 Å². The fourth-order valence-corrected chi connectivity index (χ4v) is 4.44. The molecular weight excluding hydrogens is 423 g/mol. The fourth-order valence-electron chi connectivity index (χ4n) is 4.44. The molecule has 8 heteroatoms. The van der Waals surface area contributed by atoms with Crippen molar-refractivity contribution in [1.82, 2.24) is 14.9 Å². The number of carbonyl (C=O) groups is 1. The van der Waals surface area contributed by atoms with Gasteiger partial charge in [-0.05, 0) is 50.1 Å². The maximum Gasteiger partial charge on any atom is 0.414 e. The maximum absolute atomic E-state index is 14.4. The third-order valence-electron chi connectivity index (χ3n) is 6.28. The lowest BCUT2D eigenvalue weighted by Gasteiger charge is -2.20. The summed E-state index contributed by atoms with van der Waals surface area (Å²) >= 11 is 0. The van der Waals surface area contributed by atoms with Gasteiger partial charge in [-0.1, -0.05) is 6.07 Å². The summed E-state index contributed by atoms with van der Waals surface area (Å²) in [5.74, 6) is 1.47. The molecular formula is C25H25FN4O3. The molecule has 0 unspecified atom stereocenters. The van der Waals surface area contributed by atoms with Crippen molar-refractivity contribution in [2.75, 3.05) is 32.6 Å². The molecule has 0 atom stereocenters. The standard InChI is InChI=1S/C25H25FN4O3/c1-15-21-23(28-22(27-15)16-8-9-20(32-4)19(26)12-16)30(14-25(21)10-11-25)17-6-5-7-18(13-17)33-24(31)29(2)3/h5-9,12-13H,10-11,14H2,1-4H3. The highest BCUT2D eigenvalue weighted by Crippen LogP contribution is 2.58. The number of hydrogen-bond donors (Lipinski definition) is 0. The third kappa shape index (κ3) is 3.65. The van der Waals surface area contributed by atoms with Gasteiger partial charge in [0.25, 0.3) is 0 Å². The van der Waals surface area contributed by atoms with Crippen LogP contribution in [0.2, 0.25) is 0 Å². The van der Waals surface area contributed by atoms with Crippen molar-refractivity contribution in [3.63, 3.8) is 0 Å². The molecule has 1 amide bonds. The van der Waals surface area contributed by atoms with Gasteiger partial charge in [-0.25, -0.2) is 19.2 Å². The second-order valence-corrected chi connectivity index (χ2v) is 8.81. The number of anilines is 2. The predicted octanol–water partition coefficient (Wildman–Crippen LogP) is 4.84. The van der Waals surface area contributed by atoms with E-state index in [4.69, 9.17) is 19.4 Å². The predicted molar refractivity (Wildman–Crippen MR) is 123 cm³/mol. The summed E-state index contributed by atoms with van der Waals surface area (Å²) in [7, 11) is 4.72. The summed E-state index contributed by atoms with van der Waals surface area (Å²) in [5.41, 5.74) is 3.57. The summed E-state index contributed by atoms with van der Waals surface area (Å²) in [6.45, 7) is 2.77. The van der Waals surface area contributed by atoms with Crippen LogP contribution < -0.4 is 14.4 Å². The minimum Gasteiger partial charge on any atom is -0.494 e. The molecule has 0 radical (unpaired) electrons. The molecule has 7 nitrogen and oxygen atoms in total. The average Bonchev–Trinajstić information content (AvgIpc) is 3.48. The van der Waals surface area contributed by atoms with Crippen LogP contribution >= 0.6 is 0 Å². The SMILES string of the molecule is COc1ccc(-c2nc(C)c3c(n2)N(c2cccc(OC(=O)N(C)C)c2)CC32CC2)cc1F. The van der Waals surface area contributed by atoms with E-state index in [0.29, 0.717) is 17.1 Å². The van der Waals surface area contributed by atoms with Crippen LogP contribution in [0.5, 0.6) is 11.5 Å². The molecule has 1 spiro atoms. The average molecular weight is 448 g/mol. The van der Waals surface area contributed by atoms with Crippen molar-refractivity contribution in [2.45, 2.75) is 25.2 Å². The minimum atomic E-state index is -0.456. The Labute approximate surface area is 191 Å². The van der Waals surface area contributed by atoms with Crippen LogP contribution in [-0.4, -0.2) is 48.7 Å². The Kier molecular flexibility index (Phi) is 4.96. The Morgan fingerprint density at radius 1 is 1.15 bits per heavy atom. The molecule has 3 aromatic rings. The molecule has 1 saturated carbocycles. The zero-order chi connectivity index (χ0) is 23.3. The van der Waals surface area contributed by atoms with Gasteiger partial charge in [-0.15, -0.1) is 0 Å². The van der Waals surface area contributed by atoms with Crippen molar-refractivity contribution in [3.05, 3.63) is 59.5 Å². The van der Waals surface area contributed by atoms with Crippen LogP contribution in [0.15, 0.2) is 42.5 Å². The van der Waals surface area contributed by atoms with Gasteiger partial charge in [0.15, 0.2) is 17.4 Å². The first-order valence-electron chi connectivity index (χ1n) is 10.8. The number of halogens is 1. The van der Waals surface area contributed by atoms with Gasteiger partial charge < -0.3 is 19.3 Å². The third-order valence-corrected chi connectivity index (χ3v) is 6.28. The van der Waals surface area contributed by atoms with Gasteiger partial charge in [0, 0.05) is 54.6 Å². The molecule has 0 N–H and O–H groups in total. The number of methoxy groups -OCH3 is 1. The number of nitrogens with zero attached hydrogens (tertiary/aromatic N) is 4. The monoisotopic (exact) mass is 448 g/mol. The topological polar surface area (TPSA) is 67.8 Å². The highest BCUT2D eigenvalue weighted by atomic mass is 19.1. The van der Waals surface area contributed by atoms with Crippen LogP contribution in [0.25, 0.3) is 11.4 Å². The van der Waals surface area contributed by atoms with Crippen LogP contribution in [0.1, 0.15) is 24.1 Å². The summed E-state index contributed by atoms with van der Waals surface area (Å²) in [6.07, 6.45) is 1.72. The van der Waals surface area contributed by atoms with Crippen molar-refractivity contribution in [3.8, 4) is 22.9 Å². The Morgan fingerprint density at radius 3 is 2.61 bits per heavy atom. The fraction of sp³-hybridized carbons (Fsp3) is 0.320. The number of aryl methyl sites for hydroxylation is 1. The second-order valence-electron chi connectivity index (χ2n) is 8.81. The number of benzene rings is 2. The van der Waals surface area contributed by atoms with Gasteiger partial charge in [0.2, 0.25) is 0 Å². The van der Waals surface area contributed by atoms with E-state index in [1.807, 2.05) is 25.1 Å².